The van der Waals surface area contributed by atoms with E-state index in [2.05, 4.69) is 5.32 Å². The molecular weight excluding hydrogens is 196 g/mol. The minimum absolute atomic E-state index is 0.251. The van der Waals surface area contributed by atoms with Gasteiger partial charge in [-0.2, -0.15) is 0 Å². The van der Waals surface area contributed by atoms with E-state index < -0.39 is 12.1 Å². The van der Waals surface area contributed by atoms with Gasteiger partial charge in [-0.15, -0.1) is 0 Å². The second-order valence-electron chi connectivity index (χ2n) is 4.56. The maximum Gasteiger partial charge on any atom is 0.303 e. The highest BCUT2D eigenvalue weighted by molar-refractivity contribution is 5.82. The Morgan fingerprint density at radius 2 is 1.87 bits per heavy atom. The van der Waals surface area contributed by atoms with Crippen molar-refractivity contribution in [2.75, 3.05) is 34.2 Å². The lowest BCUT2D eigenvalue weighted by atomic mass is 10.3. The van der Waals surface area contributed by atoms with Crippen LogP contribution in [0.4, 0.5) is 0 Å². The Bertz CT molecular complexity index is 233. The second-order valence-corrected chi connectivity index (χ2v) is 4.56. The van der Waals surface area contributed by atoms with E-state index in [9.17, 15) is 9.59 Å². The molecule has 0 unspecified atom stereocenters. The molecule has 1 N–H and O–H groups in total. The van der Waals surface area contributed by atoms with Crippen molar-refractivity contribution in [2.24, 2.45) is 0 Å². The minimum Gasteiger partial charge on any atom is -0.453 e. The molecule has 15 heavy (non-hydrogen) atoms. The fraction of sp³-hybridized carbons (Fsp3) is 0.800. The first-order valence-electron chi connectivity index (χ1n) is 4.98. The second kappa shape index (κ2) is 5.70. The van der Waals surface area contributed by atoms with E-state index in [0.29, 0.717) is 6.54 Å². The third-order valence-electron chi connectivity index (χ3n) is 1.79. The lowest BCUT2D eigenvalue weighted by Gasteiger charge is -2.24. The van der Waals surface area contributed by atoms with Gasteiger partial charge in [0, 0.05) is 6.92 Å². The molecule has 0 aromatic carbocycles. The lowest BCUT2D eigenvalue weighted by molar-refractivity contribution is -0.869. The highest BCUT2D eigenvalue weighted by atomic mass is 16.5. The van der Waals surface area contributed by atoms with Gasteiger partial charge < -0.3 is 14.5 Å². The molecule has 0 rings (SSSR count). The number of nitrogens with zero attached hydrogens (tertiary/aromatic N) is 1. The standard InChI is InChI=1S/C10H20N2O3/c1-8(15-9(2)13)10(14)11-6-7-12(3,4)5/h8H,6-7H2,1-5H3/p+1/t8-/m0/s1. The number of carbonyl (C=O) groups is 2. The molecule has 0 aromatic heterocycles. The first kappa shape index (κ1) is 13.9. The Hall–Kier alpha value is -1.10. The fourth-order valence-corrected chi connectivity index (χ4v) is 0.961. The summed E-state index contributed by atoms with van der Waals surface area (Å²) < 4.78 is 5.52. The number of esters is 1. The minimum atomic E-state index is -0.713. The van der Waals surface area contributed by atoms with Gasteiger partial charge in [0.25, 0.3) is 5.91 Å². The number of amides is 1. The van der Waals surface area contributed by atoms with E-state index in [1.807, 2.05) is 21.1 Å². The van der Waals surface area contributed by atoms with E-state index >= 15 is 0 Å². The number of nitrogens with one attached hydrogen (secondary N) is 1. The molecule has 5 heteroatoms. The first-order valence-corrected chi connectivity index (χ1v) is 4.98. The summed E-state index contributed by atoms with van der Waals surface area (Å²) in [6.45, 7) is 4.25. The van der Waals surface area contributed by atoms with E-state index in [1.165, 1.54) is 6.92 Å². The molecule has 0 saturated carbocycles. The molecule has 0 bridgehead atoms. The number of ether oxygens (including phenoxy) is 1. The Morgan fingerprint density at radius 1 is 1.33 bits per heavy atom. The Morgan fingerprint density at radius 3 is 2.27 bits per heavy atom. The number of rotatable bonds is 5. The van der Waals surface area contributed by atoms with Gasteiger partial charge in [0.05, 0.1) is 34.2 Å². The van der Waals surface area contributed by atoms with Gasteiger partial charge in [-0.05, 0) is 6.92 Å². The molecule has 0 spiro atoms. The number of carbonyl (C=O) groups excluding carboxylic acids is 2. The fourth-order valence-electron chi connectivity index (χ4n) is 0.961. The van der Waals surface area contributed by atoms with E-state index in [-0.39, 0.29) is 5.91 Å². The SMILES string of the molecule is CC(=O)O[C@@H](C)C(=O)NCC[N+](C)(C)C. The highest BCUT2D eigenvalue weighted by Crippen LogP contribution is 1.92. The molecule has 0 radical (unpaired) electrons. The topological polar surface area (TPSA) is 55.4 Å². The van der Waals surface area contributed by atoms with Gasteiger partial charge in [-0.1, -0.05) is 0 Å². The van der Waals surface area contributed by atoms with Crippen LogP contribution >= 0.6 is 0 Å². The predicted octanol–water partition coefficient (Wildman–Crippen LogP) is -0.240. The molecule has 1 amide bonds. The molecular formula is C10H21N2O3+. The zero-order chi connectivity index (χ0) is 12.1. The normalized spacial score (nSPS) is 13.1. The summed E-state index contributed by atoms with van der Waals surface area (Å²) in [5, 5.41) is 2.71. The third-order valence-corrected chi connectivity index (χ3v) is 1.79. The monoisotopic (exact) mass is 217 g/mol. The Labute approximate surface area is 91.0 Å². The highest BCUT2D eigenvalue weighted by Gasteiger charge is 2.16. The molecule has 0 saturated heterocycles. The van der Waals surface area contributed by atoms with Crippen LogP contribution in [0.25, 0.3) is 0 Å². The quantitative estimate of drug-likeness (QED) is 0.511. The van der Waals surface area contributed by atoms with Crippen LogP contribution in [-0.4, -0.2) is 56.7 Å². The van der Waals surface area contributed by atoms with Crippen molar-refractivity contribution in [2.45, 2.75) is 20.0 Å². The zero-order valence-corrected chi connectivity index (χ0v) is 10.2. The van der Waals surface area contributed by atoms with Gasteiger partial charge in [0.2, 0.25) is 0 Å². The summed E-state index contributed by atoms with van der Waals surface area (Å²) in [6.07, 6.45) is -0.713. The molecule has 0 aliphatic heterocycles. The average Bonchev–Trinajstić information content (AvgIpc) is 2.00. The molecule has 0 aliphatic rings. The number of likely N-dealkylation sites (N-methyl/N-ethyl adjacent to an activating group) is 1. The van der Waals surface area contributed by atoms with Gasteiger partial charge in [-0.3, -0.25) is 9.59 Å². The number of hydrogen-bond donors (Lipinski definition) is 1. The van der Waals surface area contributed by atoms with Crippen molar-refractivity contribution >= 4 is 11.9 Å². The lowest BCUT2D eigenvalue weighted by Crippen LogP contribution is -2.44. The summed E-state index contributed by atoms with van der Waals surface area (Å²) >= 11 is 0. The summed E-state index contributed by atoms with van der Waals surface area (Å²) in [7, 11) is 6.13. The maximum atomic E-state index is 11.4. The maximum absolute atomic E-state index is 11.4. The van der Waals surface area contributed by atoms with Crippen molar-refractivity contribution in [1.82, 2.24) is 5.32 Å². The van der Waals surface area contributed by atoms with Crippen molar-refractivity contribution in [3.05, 3.63) is 0 Å². The smallest absolute Gasteiger partial charge is 0.303 e. The summed E-state index contributed by atoms with van der Waals surface area (Å²) in [5.41, 5.74) is 0. The van der Waals surface area contributed by atoms with Crippen molar-refractivity contribution in [1.29, 1.82) is 0 Å². The molecule has 0 aliphatic carbocycles. The van der Waals surface area contributed by atoms with Crippen LogP contribution in [0.1, 0.15) is 13.8 Å². The van der Waals surface area contributed by atoms with Crippen LogP contribution in [0, 0.1) is 0 Å². The van der Waals surface area contributed by atoms with Crippen molar-refractivity contribution in [3.8, 4) is 0 Å². The Kier molecular flexibility index (Phi) is 5.28. The Balaban J connectivity index is 3.79. The molecule has 88 valence electrons. The molecule has 0 aromatic rings. The van der Waals surface area contributed by atoms with Crippen molar-refractivity contribution < 1.29 is 18.8 Å². The number of quaternary nitrogens is 1. The summed E-state index contributed by atoms with van der Waals surface area (Å²) in [4.78, 5) is 22.0. The van der Waals surface area contributed by atoms with Gasteiger partial charge in [0.1, 0.15) is 0 Å². The molecule has 5 nitrogen and oxygen atoms in total. The van der Waals surface area contributed by atoms with Crippen LogP contribution in [-0.2, 0) is 14.3 Å². The van der Waals surface area contributed by atoms with Gasteiger partial charge in [-0.25, -0.2) is 0 Å². The van der Waals surface area contributed by atoms with E-state index in [4.69, 9.17) is 4.74 Å². The van der Waals surface area contributed by atoms with Crippen LogP contribution in [0.2, 0.25) is 0 Å². The summed E-state index contributed by atoms with van der Waals surface area (Å²) in [5.74, 6) is -0.692. The predicted molar refractivity (Wildman–Crippen MR) is 57.1 cm³/mol. The van der Waals surface area contributed by atoms with Crippen LogP contribution in [0.15, 0.2) is 0 Å². The van der Waals surface area contributed by atoms with Gasteiger partial charge in [0.15, 0.2) is 6.10 Å². The van der Waals surface area contributed by atoms with Crippen LogP contribution < -0.4 is 5.32 Å². The molecule has 0 fully saturated rings. The van der Waals surface area contributed by atoms with Crippen LogP contribution in [0.3, 0.4) is 0 Å². The van der Waals surface area contributed by atoms with E-state index in [1.54, 1.807) is 6.92 Å². The molecule has 0 heterocycles. The average molecular weight is 217 g/mol. The molecule has 1 atom stereocenters. The first-order chi connectivity index (χ1) is 6.72. The van der Waals surface area contributed by atoms with Crippen LogP contribution in [0.5, 0.6) is 0 Å². The summed E-state index contributed by atoms with van der Waals surface area (Å²) in [6, 6.07) is 0. The van der Waals surface area contributed by atoms with Crippen molar-refractivity contribution in [3.63, 3.8) is 0 Å². The van der Waals surface area contributed by atoms with Gasteiger partial charge >= 0.3 is 5.97 Å². The number of hydrogen-bond acceptors (Lipinski definition) is 3. The zero-order valence-electron chi connectivity index (χ0n) is 10.2. The van der Waals surface area contributed by atoms with E-state index in [0.717, 1.165) is 11.0 Å². The largest absolute Gasteiger partial charge is 0.453 e. The third kappa shape index (κ3) is 7.93.